The predicted molar refractivity (Wildman–Crippen MR) is 238 cm³/mol. The molecule has 262 valence electrons. The highest BCUT2D eigenvalue weighted by Gasteiger charge is 2.19. The minimum Gasteiger partial charge on any atom is -0.208 e. The molecule has 3 nitrogen and oxygen atoms in total. The van der Waals surface area contributed by atoms with Gasteiger partial charge in [0.25, 0.3) is 0 Å². The highest BCUT2D eigenvalue weighted by Crippen LogP contribution is 2.42. The fourth-order valence-electron chi connectivity index (χ4n) is 7.87. The van der Waals surface area contributed by atoms with E-state index in [4.69, 9.17) is 15.0 Å². The number of hydrogen-bond donors (Lipinski definition) is 0. The van der Waals surface area contributed by atoms with E-state index >= 15 is 0 Å². The lowest BCUT2D eigenvalue weighted by Crippen LogP contribution is -2.01. The maximum atomic E-state index is 5.25. The van der Waals surface area contributed by atoms with E-state index in [9.17, 15) is 0 Å². The van der Waals surface area contributed by atoms with Gasteiger partial charge in [-0.05, 0) is 57.6 Å². The van der Waals surface area contributed by atoms with Crippen molar-refractivity contribution in [3.05, 3.63) is 188 Å². The molecule has 0 saturated heterocycles. The van der Waals surface area contributed by atoms with Crippen molar-refractivity contribution in [1.82, 2.24) is 15.0 Å². The SMILES string of the molecule is c1ccc(-c2ccccc2-c2nc(-c3cccc(-c4ccc(-c5cccc6c5sc5ccccc56)cc4)c3)nc(-c3cccc4c3sc3ccccc34)n2)cc1. The zero-order valence-electron chi connectivity index (χ0n) is 30.1. The third kappa shape index (κ3) is 5.60. The quantitative estimate of drug-likeness (QED) is 0.170. The first-order chi connectivity index (χ1) is 27.7. The molecule has 56 heavy (non-hydrogen) atoms. The van der Waals surface area contributed by atoms with E-state index in [0.717, 1.165) is 38.9 Å². The van der Waals surface area contributed by atoms with Crippen molar-refractivity contribution in [3.8, 4) is 67.5 Å². The molecule has 0 aliphatic rings. The van der Waals surface area contributed by atoms with E-state index in [2.05, 4.69) is 182 Å². The third-order valence-corrected chi connectivity index (χ3v) is 13.0. The van der Waals surface area contributed by atoms with Crippen LogP contribution in [0.1, 0.15) is 0 Å². The summed E-state index contributed by atoms with van der Waals surface area (Å²) in [7, 11) is 0. The summed E-state index contributed by atoms with van der Waals surface area (Å²) in [5.74, 6) is 1.95. The fraction of sp³-hybridized carbons (Fsp3) is 0. The van der Waals surface area contributed by atoms with Gasteiger partial charge in [-0.15, -0.1) is 22.7 Å². The van der Waals surface area contributed by atoms with Gasteiger partial charge >= 0.3 is 0 Å². The summed E-state index contributed by atoms with van der Waals surface area (Å²) >= 11 is 3.65. The molecular formula is C51H31N3S2. The minimum atomic E-state index is 0.640. The average Bonchev–Trinajstić information content (AvgIpc) is 3.86. The average molecular weight is 750 g/mol. The molecule has 0 saturated carbocycles. The Kier molecular flexibility index (Phi) is 7.87. The van der Waals surface area contributed by atoms with Gasteiger partial charge in [-0.1, -0.05) is 164 Å². The Balaban J connectivity index is 1.04. The summed E-state index contributed by atoms with van der Waals surface area (Å²) in [6.45, 7) is 0. The monoisotopic (exact) mass is 749 g/mol. The predicted octanol–water partition coefficient (Wildman–Crippen LogP) is 14.6. The van der Waals surface area contributed by atoms with Crippen LogP contribution in [0.2, 0.25) is 0 Å². The van der Waals surface area contributed by atoms with E-state index in [0.29, 0.717) is 17.5 Å². The van der Waals surface area contributed by atoms with Crippen LogP contribution in [0.5, 0.6) is 0 Å². The molecule has 0 radical (unpaired) electrons. The molecule has 11 rings (SSSR count). The fourth-order valence-corrected chi connectivity index (χ4v) is 10.3. The number of fused-ring (bicyclic) bond motifs is 6. The van der Waals surface area contributed by atoms with Crippen LogP contribution in [-0.4, -0.2) is 15.0 Å². The van der Waals surface area contributed by atoms with Crippen LogP contribution in [-0.2, 0) is 0 Å². The number of nitrogens with zero attached hydrogens (tertiary/aromatic N) is 3. The molecule has 5 heteroatoms. The van der Waals surface area contributed by atoms with Gasteiger partial charge in [-0.3, -0.25) is 0 Å². The lowest BCUT2D eigenvalue weighted by molar-refractivity contribution is 1.08. The van der Waals surface area contributed by atoms with Gasteiger partial charge in [-0.2, -0.15) is 0 Å². The van der Waals surface area contributed by atoms with Crippen molar-refractivity contribution in [3.63, 3.8) is 0 Å². The molecule has 0 unspecified atom stereocenters. The molecular weight excluding hydrogens is 719 g/mol. The second-order valence-corrected chi connectivity index (χ2v) is 16.0. The molecule has 3 heterocycles. The molecule has 0 bridgehead atoms. The highest BCUT2D eigenvalue weighted by atomic mass is 32.1. The third-order valence-electron chi connectivity index (χ3n) is 10.6. The number of benzene rings is 8. The van der Waals surface area contributed by atoms with Crippen LogP contribution < -0.4 is 0 Å². The highest BCUT2D eigenvalue weighted by molar-refractivity contribution is 7.26. The maximum Gasteiger partial charge on any atom is 0.165 e. The van der Waals surface area contributed by atoms with Gasteiger partial charge < -0.3 is 0 Å². The van der Waals surface area contributed by atoms with E-state index in [1.165, 1.54) is 51.5 Å². The Bertz CT molecular complexity index is 3250. The van der Waals surface area contributed by atoms with Crippen molar-refractivity contribution >= 4 is 63.0 Å². The van der Waals surface area contributed by atoms with Crippen LogP contribution in [0.4, 0.5) is 0 Å². The van der Waals surface area contributed by atoms with Crippen molar-refractivity contribution in [2.45, 2.75) is 0 Å². The Hall–Kier alpha value is -6.79. The molecule has 0 spiro atoms. The van der Waals surface area contributed by atoms with Gasteiger partial charge in [0, 0.05) is 57.0 Å². The Labute approximate surface area is 331 Å². The zero-order chi connectivity index (χ0) is 37.0. The Morgan fingerprint density at radius 1 is 0.268 bits per heavy atom. The normalized spacial score (nSPS) is 11.6. The Morgan fingerprint density at radius 3 is 1.43 bits per heavy atom. The van der Waals surface area contributed by atoms with Crippen molar-refractivity contribution < 1.29 is 0 Å². The summed E-state index contributed by atoms with van der Waals surface area (Å²) in [5.41, 5.74) is 9.82. The minimum absolute atomic E-state index is 0.640. The second kappa shape index (κ2) is 13.5. The number of aromatic nitrogens is 3. The van der Waals surface area contributed by atoms with E-state index in [1.807, 2.05) is 17.4 Å². The van der Waals surface area contributed by atoms with Crippen LogP contribution in [0, 0.1) is 0 Å². The first kappa shape index (κ1) is 32.6. The first-order valence-electron chi connectivity index (χ1n) is 18.7. The topological polar surface area (TPSA) is 38.7 Å². The molecule has 0 aliphatic heterocycles. The zero-order valence-corrected chi connectivity index (χ0v) is 31.7. The van der Waals surface area contributed by atoms with Crippen LogP contribution >= 0.6 is 22.7 Å². The van der Waals surface area contributed by atoms with Crippen LogP contribution in [0.15, 0.2) is 188 Å². The van der Waals surface area contributed by atoms with E-state index in [-0.39, 0.29) is 0 Å². The molecule has 3 aromatic heterocycles. The maximum absolute atomic E-state index is 5.25. The van der Waals surface area contributed by atoms with Gasteiger partial charge in [0.1, 0.15) is 0 Å². The van der Waals surface area contributed by atoms with E-state index < -0.39 is 0 Å². The van der Waals surface area contributed by atoms with Gasteiger partial charge in [0.2, 0.25) is 0 Å². The van der Waals surface area contributed by atoms with Gasteiger partial charge in [0.15, 0.2) is 17.5 Å². The lowest BCUT2D eigenvalue weighted by Gasteiger charge is -2.13. The summed E-state index contributed by atoms with van der Waals surface area (Å²) in [5, 5.41) is 5.09. The number of hydrogen-bond acceptors (Lipinski definition) is 5. The van der Waals surface area contributed by atoms with Crippen molar-refractivity contribution in [2.24, 2.45) is 0 Å². The molecule has 11 aromatic rings. The Morgan fingerprint density at radius 2 is 0.714 bits per heavy atom. The molecule has 0 atom stereocenters. The summed E-state index contributed by atoms with van der Waals surface area (Å²) < 4.78 is 5.06. The summed E-state index contributed by atoms with van der Waals surface area (Å²) in [6.07, 6.45) is 0. The molecule has 0 amide bonds. The van der Waals surface area contributed by atoms with Gasteiger partial charge in [0.05, 0.1) is 0 Å². The second-order valence-electron chi connectivity index (χ2n) is 13.9. The van der Waals surface area contributed by atoms with Crippen LogP contribution in [0.3, 0.4) is 0 Å². The lowest BCUT2D eigenvalue weighted by atomic mass is 9.98. The van der Waals surface area contributed by atoms with Crippen molar-refractivity contribution in [2.75, 3.05) is 0 Å². The van der Waals surface area contributed by atoms with Gasteiger partial charge in [-0.25, -0.2) is 15.0 Å². The number of rotatable bonds is 6. The molecule has 8 aromatic carbocycles. The smallest absolute Gasteiger partial charge is 0.165 e. The molecule has 0 aliphatic carbocycles. The van der Waals surface area contributed by atoms with Crippen molar-refractivity contribution in [1.29, 1.82) is 0 Å². The summed E-state index contributed by atoms with van der Waals surface area (Å²) in [6, 6.07) is 66.7. The standard InChI is InChI=1S/C51H31N3S2/c1-2-13-33(14-3-1)37-17-4-5-20-43(37)50-52-49(53-51(54-50)44-24-12-23-42-40-19-7-9-26-46(40)56-48(42)44)36-16-10-15-35(31-36)32-27-29-34(30-28-32)38-21-11-22-41-39-18-6-8-25-45(39)55-47(38)41/h1-31H. The van der Waals surface area contributed by atoms with Crippen LogP contribution in [0.25, 0.3) is 108 Å². The first-order valence-corrected chi connectivity index (χ1v) is 20.3. The largest absolute Gasteiger partial charge is 0.208 e. The number of thiophene rings is 2. The molecule has 0 fully saturated rings. The summed E-state index contributed by atoms with van der Waals surface area (Å²) in [4.78, 5) is 15.7. The molecule has 0 N–H and O–H groups in total. The van der Waals surface area contributed by atoms with E-state index in [1.54, 1.807) is 11.3 Å².